The molecule has 4 heterocycles. The predicted molar refractivity (Wildman–Crippen MR) is 111 cm³/mol. The van der Waals surface area contributed by atoms with Crippen LogP contribution in [-0.2, 0) is 17.8 Å². The van der Waals surface area contributed by atoms with Crippen LogP contribution in [0.1, 0.15) is 36.5 Å². The maximum Gasteiger partial charge on any atom is 0.226 e. The van der Waals surface area contributed by atoms with Crippen molar-refractivity contribution < 1.29 is 9.32 Å². The van der Waals surface area contributed by atoms with E-state index in [0.29, 0.717) is 31.0 Å². The molecule has 1 N–H and O–H groups in total. The highest BCUT2D eigenvalue weighted by Gasteiger charge is 2.21. The molecule has 0 saturated carbocycles. The first-order chi connectivity index (χ1) is 14.3. The summed E-state index contributed by atoms with van der Waals surface area (Å²) in [6.45, 7) is 3.08. The summed E-state index contributed by atoms with van der Waals surface area (Å²) in [6, 6.07) is 8.29. The summed E-state index contributed by atoms with van der Waals surface area (Å²) < 4.78 is 5.28. The molecule has 4 rings (SSSR count). The zero-order valence-corrected chi connectivity index (χ0v) is 17.1. The van der Waals surface area contributed by atoms with Crippen LogP contribution in [0.25, 0.3) is 11.4 Å². The summed E-state index contributed by atoms with van der Waals surface area (Å²) in [6.07, 6.45) is 7.19. The first-order valence-corrected chi connectivity index (χ1v) is 10.9. The number of hydrogen-bond donors (Lipinski definition) is 1. The highest BCUT2D eigenvalue weighted by Crippen LogP contribution is 2.17. The van der Waals surface area contributed by atoms with Gasteiger partial charge in [-0.15, -0.1) is 11.3 Å². The molecule has 0 aliphatic carbocycles. The van der Waals surface area contributed by atoms with E-state index in [4.69, 9.17) is 4.52 Å². The second-order valence-corrected chi connectivity index (χ2v) is 8.34. The molecule has 0 bridgehead atoms. The van der Waals surface area contributed by atoms with E-state index in [1.807, 2.05) is 12.1 Å². The Bertz CT molecular complexity index is 889. The van der Waals surface area contributed by atoms with Crippen molar-refractivity contribution in [3.8, 4) is 11.4 Å². The van der Waals surface area contributed by atoms with Crippen LogP contribution >= 0.6 is 11.3 Å². The van der Waals surface area contributed by atoms with Crippen LogP contribution in [0, 0.1) is 0 Å². The molecule has 8 heteroatoms. The number of carbonyl (C=O) groups excluding carboxylic acids is 1. The van der Waals surface area contributed by atoms with Gasteiger partial charge in [-0.2, -0.15) is 4.98 Å². The zero-order chi connectivity index (χ0) is 19.9. The van der Waals surface area contributed by atoms with Crippen LogP contribution < -0.4 is 5.32 Å². The number of aromatic nitrogens is 3. The average Bonchev–Trinajstić information content (AvgIpc) is 3.42. The topological polar surface area (TPSA) is 84.1 Å². The van der Waals surface area contributed by atoms with Crippen LogP contribution in [0.5, 0.6) is 0 Å². The molecule has 1 fully saturated rings. The minimum absolute atomic E-state index is 0.105. The van der Waals surface area contributed by atoms with E-state index in [0.717, 1.165) is 38.0 Å². The summed E-state index contributed by atoms with van der Waals surface area (Å²) in [5.41, 5.74) is 0.825. The van der Waals surface area contributed by atoms with Gasteiger partial charge in [0.25, 0.3) is 0 Å². The van der Waals surface area contributed by atoms with E-state index < -0.39 is 0 Å². The van der Waals surface area contributed by atoms with E-state index in [-0.39, 0.29) is 11.9 Å². The lowest BCUT2D eigenvalue weighted by Crippen LogP contribution is -2.44. The minimum Gasteiger partial charge on any atom is -0.353 e. The van der Waals surface area contributed by atoms with Crippen molar-refractivity contribution >= 4 is 17.2 Å². The lowest BCUT2D eigenvalue weighted by Gasteiger charge is -2.32. The smallest absolute Gasteiger partial charge is 0.226 e. The van der Waals surface area contributed by atoms with Crippen molar-refractivity contribution in [1.82, 2.24) is 25.3 Å². The Morgan fingerprint density at radius 2 is 2.17 bits per heavy atom. The number of carbonyl (C=O) groups is 1. The van der Waals surface area contributed by atoms with Gasteiger partial charge in [0.05, 0.1) is 0 Å². The molecule has 0 aromatic carbocycles. The number of hydrogen-bond acceptors (Lipinski definition) is 7. The highest BCUT2D eigenvalue weighted by molar-refractivity contribution is 7.09. The molecule has 1 saturated heterocycles. The molecular formula is C21H25N5O2S. The molecule has 152 valence electrons. The average molecular weight is 412 g/mol. The predicted octanol–water partition coefficient (Wildman–Crippen LogP) is 3.30. The van der Waals surface area contributed by atoms with E-state index in [1.165, 1.54) is 4.88 Å². The Morgan fingerprint density at radius 1 is 1.28 bits per heavy atom. The van der Waals surface area contributed by atoms with Crippen LogP contribution in [0.4, 0.5) is 0 Å². The molecule has 29 heavy (non-hydrogen) atoms. The normalized spacial score (nSPS) is 15.4. The van der Waals surface area contributed by atoms with Crippen molar-refractivity contribution in [2.45, 2.75) is 44.7 Å². The van der Waals surface area contributed by atoms with E-state index in [2.05, 4.69) is 42.9 Å². The minimum atomic E-state index is 0.105. The fourth-order valence-electron chi connectivity index (χ4n) is 3.53. The Hall–Kier alpha value is -2.58. The van der Waals surface area contributed by atoms with Crippen molar-refractivity contribution in [3.63, 3.8) is 0 Å². The Balaban J connectivity index is 1.14. The van der Waals surface area contributed by atoms with Crippen LogP contribution in [0.3, 0.4) is 0 Å². The summed E-state index contributed by atoms with van der Waals surface area (Å²) in [4.78, 5) is 24.6. The quantitative estimate of drug-likeness (QED) is 0.612. The van der Waals surface area contributed by atoms with Gasteiger partial charge in [0, 0.05) is 61.4 Å². The fraction of sp³-hybridized carbons (Fsp3) is 0.429. The molecule has 1 aliphatic heterocycles. The Morgan fingerprint density at radius 3 is 2.93 bits per heavy atom. The van der Waals surface area contributed by atoms with Gasteiger partial charge >= 0.3 is 0 Å². The van der Waals surface area contributed by atoms with Crippen molar-refractivity contribution in [2.24, 2.45) is 0 Å². The first kappa shape index (κ1) is 19.7. The van der Waals surface area contributed by atoms with Crippen molar-refractivity contribution in [1.29, 1.82) is 0 Å². The number of thiophene rings is 1. The summed E-state index contributed by atoms with van der Waals surface area (Å²) >= 11 is 1.80. The second-order valence-electron chi connectivity index (χ2n) is 7.30. The zero-order valence-electron chi connectivity index (χ0n) is 16.3. The molecule has 0 radical (unpaired) electrons. The van der Waals surface area contributed by atoms with Crippen LogP contribution in [0.15, 0.2) is 46.6 Å². The summed E-state index contributed by atoms with van der Waals surface area (Å²) in [5.74, 6) is 1.19. The number of nitrogens with one attached hydrogen (secondary N) is 1. The number of nitrogens with zero attached hydrogens (tertiary/aromatic N) is 4. The highest BCUT2D eigenvalue weighted by atomic mass is 32.1. The lowest BCUT2D eigenvalue weighted by molar-refractivity contribution is -0.122. The lowest BCUT2D eigenvalue weighted by atomic mass is 10.0. The third kappa shape index (κ3) is 5.71. The summed E-state index contributed by atoms with van der Waals surface area (Å²) in [5, 5.41) is 9.28. The molecule has 0 unspecified atom stereocenters. The third-order valence-electron chi connectivity index (χ3n) is 5.09. The fourth-order valence-corrected chi connectivity index (χ4v) is 4.27. The van der Waals surface area contributed by atoms with Gasteiger partial charge < -0.3 is 9.84 Å². The van der Waals surface area contributed by atoms with E-state index in [9.17, 15) is 4.79 Å². The molecule has 3 aromatic heterocycles. The standard InChI is InChI=1S/C21H25N5O2S/c27-19(23-17-8-11-26(12-9-17)15-18-5-3-13-29-18)6-1-7-20-24-21(25-28-20)16-4-2-10-22-14-16/h2-5,10,13-14,17H,1,6-9,11-12,15H2,(H,23,27). The van der Waals surface area contributed by atoms with Gasteiger partial charge in [-0.1, -0.05) is 11.2 Å². The Kier molecular flexibility index (Phi) is 6.63. The third-order valence-corrected chi connectivity index (χ3v) is 5.96. The van der Waals surface area contributed by atoms with Gasteiger partial charge in [0.1, 0.15) is 0 Å². The SMILES string of the molecule is O=C(CCCc1nc(-c2cccnc2)no1)NC1CCN(Cc2cccs2)CC1. The number of pyridine rings is 1. The first-order valence-electron chi connectivity index (χ1n) is 10.0. The van der Waals surface area contributed by atoms with Gasteiger partial charge in [0.15, 0.2) is 0 Å². The van der Waals surface area contributed by atoms with Crippen LogP contribution in [0.2, 0.25) is 0 Å². The molecule has 1 amide bonds. The number of piperidine rings is 1. The monoisotopic (exact) mass is 411 g/mol. The van der Waals surface area contributed by atoms with Gasteiger partial charge in [-0.05, 0) is 42.8 Å². The molecular weight excluding hydrogens is 386 g/mol. The number of aryl methyl sites for hydroxylation is 1. The van der Waals surface area contributed by atoms with Gasteiger partial charge in [-0.3, -0.25) is 14.7 Å². The number of rotatable bonds is 8. The van der Waals surface area contributed by atoms with Crippen molar-refractivity contribution in [3.05, 3.63) is 52.8 Å². The maximum atomic E-state index is 12.3. The second kappa shape index (κ2) is 9.76. The number of likely N-dealkylation sites (tertiary alicyclic amines) is 1. The number of amides is 1. The van der Waals surface area contributed by atoms with Gasteiger partial charge in [0.2, 0.25) is 17.6 Å². The molecule has 1 aliphatic rings. The van der Waals surface area contributed by atoms with Gasteiger partial charge in [-0.25, -0.2) is 0 Å². The molecule has 7 nitrogen and oxygen atoms in total. The molecule has 0 spiro atoms. The Labute approximate surface area is 174 Å². The summed E-state index contributed by atoms with van der Waals surface area (Å²) in [7, 11) is 0. The largest absolute Gasteiger partial charge is 0.353 e. The molecule has 3 aromatic rings. The maximum absolute atomic E-state index is 12.3. The van der Waals surface area contributed by atoms with E-state index in [1.54, 1.807) is 23.7 Å². The van der Waals surface area contributed by atoms with Crippen LogP contribution in [-0.4, -0.2) is 45.1 Å². The van der Waals surface area contributed by atoms with E-state index >= 15 is 0 Å². The van der Waals surface area contributed by atoms with Crippen molar-refractivity contribution in [2.75, 3.05) is 13.1 Å². The molecule has 0 atom stereocenters.